The van der Waals surface area contributed by atoms with Crippen LogP contribution in [0.5, 0.6) is 5.75 Å². The molecule has 0 amide bonds. The summed E-state index contributed by atoms with van der Waals surface area (Å²) in [6.07, 6.45) is 2.40. The van der Waals surface area contributed by atoms with Gasteiger partial charge in [-0.15, -0.1) is 0 Å². The Morgan fingerprint density at radius 3 is 2.58 bits per heavy atom. The van der Waals surface area contributed by atoms with Crippen molar-refractivity contribution in [3.05, 3.63) is 24.3 Å². The largest absolute Gasteiger partial charge is 0.497 e. The highest BCUT2D eigenvalue weighted by Gasteiger charge is 2.25. The first kappa shape index (κ1) is 14.2. The van der Waals surface area contributed by atoms with Gasteiger partial charge in [-0.05, 0) is 48.9 Å². The van der Waals surface area contributed by atoms with Gasteiger partial charge in [0.1, 0.15) is 5.75 Å². The molecular weight excluding hydrogens is 236 g/mol. The molecule has 0 saturated carbocycles. The van der Waals surface area contributed by atoms with Crippen LogP contribution in [0.4, 0.5) is 5.69 Å². The van der Waals surface area contributed by atoms with E-state index in [0.29, 0.717) is 12.0 Å². The number of nitrogens with zero attached hydrogens (tertiary/aromatic N) is 1. The van der Waals surface area contributed by atoms with Gasteiger partial charge in [-0.25, -0.2) is 0 Å². The Kier molecular flexibility index (Phi) is 4.70. The first-order valence-corrected chi connectivity index (χ1v) is 7.24. The maximum absolute atomic E-state index is 6.18. The van der Waals surface area contributed by atoms with Crippen LogP contribution in [0.15, 0.2) is 24.3 Å². The molecule has 1 aliphatic rings. The fraction of sp³-hybridized carbons (Fsp3) is 0.625. The summed E-state index contributed by atoms with van der Waals surface area (Å²) in [6, 6.07) is 8.68. The van der Waals surface area contributed by atoms with Crippen LogP contribution in [0.3, 0.4) is 0 Å². The van der Waals surface area contributed by atoms with Crippen molar-refractivity contribution < 1.29 is 4.74 Å². The summed E-state index contributed by atoms with van der Waals surface area (Å²) in [5.41, 5.74) is 7.48. The standard InChI is InChI=1S/C16H26N2O/c1-12(2)16(17)10-13-8-9-18(11-13)14-4-6-15(19-3)7-5-14/h4-7,12-13,16H,8-11,17H2,1-3H3. The van der Waals surface area contributed by atoms with E-state index in [9.17, 15) is 0 Å². The molecule has 1 aromatic rings. The molecule has 1 aliphatic heterocycles. The van der Waals surface area contributed by atoms with Crippen molar-refractivity contribution in [1.82, 2.24) is 0 Å². The summed E-state index contributed by atoms with van der Waals surface area (Å²) in [5, 5.41) is 0. The fourth-order valence-electron chi connectivity index (χ4n) is 2.71. The molecular formula is C16H26N2O. The van der Waals surface area contributed by atoms with Crippen LogP contribution in [-0.4, -0.2) is 26.2 Å². The molecule has 2 unspecified atom stereocenters. The number of rotatable bonds is 5. The zero-order valence-corrected chi connectivity index (χ0v) is 12.3. The molecule has 3 nitrogen and oxygen atoms in total. The Labute approximate surface area is 116 Å². The fourth-order valence-corrected chi connectivity index (χ4v) is 2.71. The molecule has 1 fully saturated rings. The summed E-state index contributed by atoms with van der Waals surface area (Å²) >= 11 is 0. The average Bonchev–Trinajstić information content (AvgIpc) is 2.87. The summed E-state index contributed by atoms with van der Waals surface area (Å²) in [4.78, 5) is 2.46. The highest BCUT2D eigenvalue weighted by molar-refractivity contribution is 5.49. The van der Waals surface area contributed by atoms with Gasteiger partial charge in [0.05, 0.1) is 7.11 Å². The summed E-state index contributed by atoms with van der Waals surface area (Å²) < 4.78 is 5.20. The normalized spacial score (nSPS) is 20.9. The Bertz CT molecular complexity index is 388. The van der Waals surface area contributed by atoms with E-state index in [-0.39, 0.29) is 0 Å². The molecule has 0 radical (unpaired) electrons. The first-order valence-electron chi connectivity index (χ1n) is 7.24. The molecule has 0 spiro atoms. The lowest BCUT2D eigenvalue weighted by Crippen LogP contribution is -2.30. The van der Waals surface area contributed by atoms with E-state index >= 15 is 0 Å². The van der Waals surface area contributed by atoms with Gasteiger partial charge in [0, 0.05) is 24.8 Å². The molecule has 3 heteroatoms. The minimum atomic E-state index is 0.334. The topological polar surface area (TPSA) is 38.5 Å². The van der Waals surface area contributed by atoms with Gasteiger partial charge in [-0.2, -0.15) is 0 Å². The predicted molar refractivity (Wildman–Crippen MR) is 80.7 cm³/mol. The number of anilines is 1. The lowest BCUT2D eigenvalue weighted by Gasteiger charge is -2.22. The van der Waals surface area contributed by atoms with E-state index in [1.807, 2.05) is 12.1 Å². The Morgan fingerprint density at radius 1 is 1.32 bits per heavy atom. The van der Waals surface area contributed by atoms with E-state index < -0.39 is 0 Å². The number of methoxy groups -OCH3 is 1. The van der Waals surface area contributed by atoms with Crippen LogP contribution in [0.25, 0.3) is 0 Å². The van der Waals surface area contributed by atoms with Gasteiger partial charge in [-0.3, -0.25) is 0 Å². The van der Waals surface area contributed by atoms with Crippen LogP contribution < -0.4 is 15.4 Å². The smallest absolute Gasteiger partial charge is 0.119 e. The molecule has 2 N–H and O–H groups in total. The number of nitrogens with two attached hydrogens (primary N) is 1. The van der Waals surface area contributed by atoms with Gasteiger partial charge in [0.25, 0.3) is 0 Å². The van der Waals surface area contributed by atoms with Crippen LogP contribution in [0.2, 0.25) is 0 Å². The van der Waals surface area contributed by atoms with Crippen molar-refractivity contribution in [3.63, 3.8) is 0 Å². The highest BCUT2D eigenvalue weighted by Crippen LogP contribution is 2.28. The Hall–Kier alpha value is -1.22. The van der Waals surface area contributed by atoms with Gasteiger partial charge in [0.2, 0.25) is 0 Å². The lowest BCUT2D eigenvalue weighted by atomic mass is 9.93. The molecule has 2 atom stereocenters. The average molecular weight is 262 g/mol. The molecule has 0 bridgehead atoms. The van der Waals surface area contributed by atoms with E-state index in [0.717, 1.165) is 31.2 Å². The summed E-state index contributed by atoms with van der Waals surface area (Å²) in [6.45, 7) is 6.69. The molecule has 106 valence electrons. The van der Waals surface area contributed by atoms with Crippen molar-refractivity contribution in [1.29, 1.82) is 0 Å². The molecule has 0 aliphatic carbocycles. The predicted octanol–water partition coefficient (Wildman–Crippen LogP) is 2.89. The van der Waals surface area contributed by atoms with E-state index in [2.05, 4.69) is 30.9 Å². The van der Waals surface area contributed by atoms with E-state index in [1.165, 1.54) is 12.1 Å². The summed E-state index contributed by atoms with van der Waals surface area (Å²) in [7, 11) is 1.70. The maximum Gasteiger partial charge on any atom is 0.119 e. The van der Waals surface area contributed by atoms with Crippen LogP contribution in [0.1, 0.15) is 26.7 Å². The third kappa shape index (κ3) is 3.63. The van der Waals surface area contributed by atoms with Crippen LogP contribution >= 0.6 is 0 Å². The molecule has 19 heavy (non-hydrogen) atoms. The van der Waals surface area contributed by atoms with Crippen molar-refractivity contribution in [3.8, 4) is 5.75 Å². The van der Waals surface area contributed by atoms with Crippen molar-refractivity contribution in [2.75, 3.05) is 25.1 Å². The van der Waals surface area contributed by atoms with E-state index in [1.54, 1.807) is 7.11 Å². The molecule has 2 rings (SSSR count). The minimum Gasteiger partial charge on any atom is -0.497 e. The second kappa shape index (κ2) is 6.29. The zero-order chi connectivity index (χ0) is 13.8. The SMILES string of the molecule is COc1ccc(N2CCC(CC(N)C(C)C)C2)cc1. The Balaban J connectivity index is 1.90. The van der Waals surface area contributed by atoms with Crippen molar-refractivity contribution >= 4 is 5.69 Å². The van der Waals surface area contributed by atoms with Crippen molar-refractivity contribution in [2.24, 2.45) is 17.6 Å². The van der Waals surface area contributed by atoms with Crippen LogP contribution in [-0.2, 0) is 0 Å². The number of benzene rings is 1. The van der Waals surface area contributed by atoms with Gasteiger partial charge in [-0.1, -0.05) is 13.8 Å². The molecule has 1 heterocycles. The van der Waals surface area contributed by atoms with Crippen molar-refractivity contribution in [2.45, 2.75) is 32.7 Å². The number of hydrogen-bond donors (Lipinski definition) is 1. The molecule has 1 aromatic carbocycles. The maximum atomic E-state index is 6.18. The third-order valence-corrected chi connectivity index (χ3v) is 4.19. The number of hydrogen-bond acceptors (Lipinski definition) is 3. The molecule has 1 saturated heterocycles. The monoisotopic (exact) mass is 262 g/mol. The van der Waals surface area contributed by atoms with Gasteiger partial charge in [0.15, 0.2) is 0 Å². The number of ether oxygens (including phenoxy) is 1. The zero-order valence-electron chi connectivity index (χ0n) is 12.3. The quantitative estimate of drug-likeness (QED) is 0.886. The lowest BCUT2D eigenvalue weighted by molar-refractivity contribution is 0.391. The minimum absolute atomic E-state index is 0.334. The van der Waals surface area contributed by atoms with Gasteiger partial charge >= 0.3 is 0 Å². The second-order valence-electron chi connectivity index (χ2n) is 5.94. The summed E-state index contributed by atoms with van der Waals surface area (Å²) in [5.74, 6) is 2.23. The van der Waals surface area contributed by atoms with Gasteiger partial charge < -0.3 is 15.4 Å². The third-order valence-electron chi connectivity index (χ3n) is 4.19. The first-order chi connectivity index (χ1) is 9.10. The van der Waals surface area contributed by atoms with Crippen LogP contribution in [0, 0.1) is 11.8 Å². The Morgan fingerprint density at radius 2 is 2.00 bits per heavy atom. The highest BCUT2D eigenvalue weighted by atomic mass is 16.5. The van der Waals surface area contributed by atoms with E-state index in [4.69, 9.17) is 10.5 Å². The molecule has 0 aromatic heterocycles. The second-order valence-corrected chi connectivity index (χ2v) is 5.94.